The van der Waals surface area contributed by atoms with Crippen molar-refractivity contribution in [3.05, 3.63) is 34.3 Å². The van der Waals surface area contributed by atoms with E-state index in [9.17, 15) is 9.59 Å². The van der Waals surface area contributed by atoms with Crippen LogP contribution in [-0.2, 0) is 11.3 Å². The highest BCUT2D eigenvalue weighted by molar-refractivity contribution is 5.77. The van der Waals surface area contributed by atoms with Crippen molar-refractivity contribution in [3.8, 4) is 0 Å². The number of fused-ring (bicyclic) bond motifs is 1. The second kappa shape index (κ2) is 4.30. The fraction of sp³-hybridized carbons (Fsp3) is 0.333. The van der Waals surface area contributed by atoms with Crippen LogP contribution in [0.15, 0.2) is 27.4 Å². The lowest BCUT2D eigenvalue weighted by atomic mass is 10.1. The van der Waals surface area contributed by atoms with Crippen LogP contribution in [0.4, 0.5) is 0 Å². The molecule has 0 fully saturated rings. The number of carbonyl (C=O) groups is 1. The largest absolute Gasteiger partial charge is 0.480 e. The van der Waals surface area contributed by atoms with Gasteiger partial charge in [-0.25, -0.2) is 4.79 Å². The normalized spacial score (nSPS) is 11.9. The molecule has 96 valence electrons. The van der Waals surface area contributed by atoms with E-state index in [-0.39, 0.29) is 0 Å². The molecule has 18 heavy (non-hydrogen) atoms. The highest BCUT2D eigenvalue weighted by Gasteiger charge is 2.25. The zero-order chi connectivity index (χ0) is 13.3. The van der Waals surface area contributed by atoms with Gasteiger partial charge in [0.1, 0.15) is 5.54 Å². The van der Waals surface area contributed by atoms with E-state index >= 15 is 0 Å². The average Bonchev–Trinajstić information content (AvgIpc) is 2.65. The van der Waals surface area contributed by atoms with Gasteiger partial charge in [0, 0.05) is 6.54 Å². The van der Waals surface area contributed by atoms with E-state index in [1.165, 1.54) is 0 Å². The Morgan fingerprint density at radius 3 is 2.89 bits per heavy atom. The summed E-state index contributed by atoms with van der Waals surface area (Å²) in [7, 11) is 0. The monoisotopic (exact) mass is 250 g/mol. The summed E-state index contributed by atoms with van der Waals surface area (Å²) in [5.41, 5.74) is 0.959. The zero-order valence-electron chi connectivity index (χ0n) is 10.1. The molecule has 0 aliphatic heterocycles. The maximum absolute atomic E-state index is 11.0. The summed E-state index contributed by atoms with van der Waals surface area (Å²) in [6, 6.07) is 5.22. The SMILES string of the molecule is CC(C)(NCc1ccc2oc(=O)[nH]c2c1)C(=O)O. The molecular weight excluding hydrogens is 236 g/mol. The van der Waals surface area contributed by atoms with E-state index in [0.29, 0.717) is 17.6 Å². The van der Waals surface area contributed by atoms with E-state index in [0.717, 1.165) is 5.56 Å². The number of rotatable bonds is 4. The molecule has 2 rings (SSSR count). The Morgan fingerprint density at radius 2 is 2.22 bits per heavy atom. The van der Waals surface area contributed by atoms with Crippen molar-refractivity contribution in [2.75, 3.05) is 0 Å². The molecule has 0 saturated heterocycles. The van der Waals surface area contributed by atoms with Gasteiger partial charge in [0.2, 0.25) is 0 Å². The lowest BCUT2D eigenvalue weighted by Crippen LogP contribution is -2.46. The molecule has 0 aliphatic carbocycles. The van der Waals surface area contributed by atoms with Crippen LogP contribution in [0.25, 0.3) is 11.1 Å². The molecule has 0 aliphatic rings. The van der Waals surface area contributed by atoms with Crippen LogP contribution in [0.3, 0.4) is 0 Å². The van der Waals surface area contributed by atoms with E-state index < -0.39 is 17.3 Å². The van der Waals surface area contributed by atoms with E-state index in [1.807, 2.05) is 0 Å². The van der Waals surface area contributed by atoms with Crippen LogP contribution in [0, 0.1) is 0 Å². The van der Waals surface area contributed by atoms with Crippen LogP contribution in [0.1, 0.15) is 19.4 Å². The molecule has 0 bridgehead atoms. The van der Waals surface area contributed by atoms with Gasteiger partial charge < -0.3 is 9.52 Å². The minimum Gasteiger partial charge on any atom is -0.480 e. The van der Waals surface area contributed by atoms with Gasteiger partial charge in [-0.05, 0) is 31.5 Å². The molecule has 6 heteroatoms. The second-order valence-corrected chi connectivity index (χ2v) is 4.63. The van der Waals surface area contributed by atoms with Crippen molar-refractivity contribution in [1.82, 2.24) is 10.3 Å². The van der Waals surface area contributed by atoms with Gasteiger partial charge in [0.15, 0.2) is 5.58 Å². The van der Waals surface area contributed by atoms with Gasteiger partial charge >= 0.3 is 11.7 Å². The van der Waals surface area contributed by atoms with Crippen molar-refractivity contribution in [2.45, 2.75) is 25.9 Å². The third kappa shape index (κ3) is 2.43. The highest BCUT2D eigenvalue weighted by Crippen LogP contribution is 2.13. The molecule has 1 aromatic carbocycles. The number of aliphatic carboxylic acids is 1. The molecule has 0 spiro atoms. The second-order valence-electron chi connectivity index (χ2n) is 4.63. The van der Waals surface area contributed by atoms with Crippen molar-refractivity contribution >= 4 is 17.1 Å². The van der Waals surface area contributed by atoms with Crippen LogP contribution >= 0.6 is 0 Å². The van der Waals surface area contributed by atoms with Gasteiger partial charge in [-0.2, -0.15) is 0 Å². The molecule has 0 radical (unpaired) electrons. The summed E-state index contributed by atoms with van der Waals surface area (Å²) in [6.45, 7) is 3.57. The van der Waals surface area contributed by atoms with E-state index in [1.54, 1.807) is 32.0 Å². The zero-order valence-corrected chi connectivity index (χ0v) is 10.1. The number of oxazole rings is 1. The maximum atomic E-state index is 11.0. The van der Waals surface area contributed by atoms with Crippen molar-refractivity contribution in [1.29, 1.82) is 0 Å². The Bertz CT molecular complexity index is 639. The summed E-state index contributed by atoms with van der Waals surface area (Å²) in [5.74, 6) is -1.42. The minimum absolute atomic E-state index is 0.391. The third-order valence-electron chi connectivity index (χ3n) is 2.75. The molecule has 0 amide bonds. The average molecular weight is 250 g/mol. The van der Waals surface area contributed by atoms with E-state index in [2.05, 4.69) is 10.3 Å². The Morgan fingerprint density at radius 1 is 1.50 bits per heavy atom. The quantitative estimate of drug-likeness (QED) is 0.754. The van der Waals surface area contributed by atoms with Gasteiger partial charge in [-0.15, -0.1) is 0 Å². The maximum Gasteiger partial charge on any atom is 0.417 e. The first-order chi connectivity index (χ1) is 8.38. The Hall–Kier alpha value is -2.08. The molecular formula is C12H14N2O4. The molecule has 0 unspecified atom stereocenters. The molecule has 1 heterocycles. The first kappa shape index (κ1) is 12.4. The predicted molar refractivity (Wildman–Crippen MR) is 65.4 cm³/mol. The number of aromatic nitrogens is 1. The molecule has 2 aromatic rings. The number of hydrogen-bond donors (Lipinski definition) is 3. The van der Waals surface area contributed by atoms with Gasteiger partial charge in [0.05, 0.1) is 5.52 Å². The number of hydrogen-bond acceptors (Lipinski definition) is 4. The molecule has 0 atom stereocenters. The van der Waals surface area contributed by atoms with Crippen LogP contribution in [0.2, 0.25) is 0 Å². The molecule has 3 N–H and O–H groups in total. The van der Waals surface area contributed by atoms with Crippen molar-refractivity contribution in [3.63, 3.8) is 0 Å². The number of benzene rings is 1. The first-order valence-electron chi connectivity index (χ1n) is 5.49. The van der Waals surface area contributed by atoms with Crippen LogP contribution in [0.5, 0.6) is 0 Å². The Kier molecular flexibility index (Phi) is 2.96. The predicted octanol–water partition coefficient (Wildman–Crippen LogP) is 1.07. The molecule has 6 nitrogen and oxygen atoms in total. The summed E-state index contributed by atoms with van der Waals surface area (Å²) in [5, 5.41) is 11.9. The summed E-state index contributed by atoms with van der Waals surface area (Å²) < 4.78 is 4.88. The lowest BCUT2D eigenvalue weighted by molar-refractivity contribution is -0.143. The smallest absolute Gasteiger partial charge is 0.417 e. The number of H-pyrrole nitrogens is 1. The topological polar surface area (TPSA) is 95.3 Å². The van der Waals surface area contributed by atoms with Gasteiger partial charge in [-0.1, -0.05) is 6.07 Å². The lowest BCUT2D eigenvalue weighted by Gasteiger charge is -2.20. The minimum atomic E-state index is -1.00. The number of nitrogens with one attached hydrogen (secondary N) is 2. The molecule has 0 saturated carbocycles. The third-order valence-corrected chi connectivity index (χ3v) is 2.75. The Labute approximate surface area is 103 Å². The number of carboxylic acid groups (broad SMARTS) is 1. The standard InChI is InChI=1S/C12H14N2O4/c1-12(2,10(15)16)13-6-7-3-4-9-8(5-7)14-11(17)18-9/h3-5,13H,6H2,1-2H3,(H,14,17)(H,15,16). The summed E-state index contributed by atoms with van der Waals surface area (Å²) in [4.78, 5) is 24.5. The van der Waals surface area contributed by atoms with Gasteiger partial charge in [-0.3, -0.25) is 15.1 Å². The molecule has 1 aromatic heterocycles. The Balaban J connectivity index is 2.17. The highest BCUT2D eigenvalue weighted by atomic mass is 16.4. The van der Waals surface area contributed by atoms with Crippen molar-refractivity contribution in [2.24, 2.45) is 0 Å². The number of aromatic amines is 1. The number of carboxylic acids is 1. The fourth-order valence-electron chi connectivity index (χ4n) is 1.51. The van der Waals surface area contributed by atoms with Gasteiger partial charge in [0.25, 0.3) is 0 Å². The summed E-state index contributed by atoms with van der Waals surface area (Å²) >= 11 is 0. The van der Waals surface area contributed by atoms with Crippen LogP contribution in [-0.4, -0.2) is 21.6 Å². The van der Waals surface area contributed by atoms with Crippen LogP contribution < -0.4 is 11.1 Å². The first-order valence-corrected chi connectivity index (χ1v) is 5.49. The fourth-order valence-corrected chi connectivity index (χ4v) is 1.51. The summed E-state index contributed by atoms with van der Waals surface area (Å²) in [6.07, 6.45) is 0. The van der Waals surface area contributed by atoms with E-state index in [4.69, 9.17) is 9.52 Å². The van der Waals surface area contributed by atoms with Crippen molar-refractivity contribution < 1.29 is 14.3 Å².